The van der Waals surface area contributed by atoms with Gasteiger partial charge in [0.05, 0.1) is 13.2 Å². The van der Waals surface area contributed by atoms with Crippen LogP contribution in [0.5, 0.6) is 0 Å². The van der Waals surface area contributed by atoms with Crippen LogP contribution in [0.4, 0.5) is 0 Å². The van der Waals surface area contributed by atoms with Crippen molar-refractivity contribution >= 4 is 11.7 Å². The number of ether oxygens (including phenoxy) is 1. The molecule has 3 heterocycles. The second-order valence-electron chi connectivity index (χ2n) is 6.82. The van der Waals surface area contributed by atoms with Crippen LogP contribution >= 0.6 is 0 Å². The molecule has 0 aliphatic carbocycles. The second kappa shape index (κ2) is 7.05. The third kappa shape index (κ3) is 3.64. The molecular formula is C17H26N6O2. The van der Waals surface area contributed by atoms with Gasteiger partial charge in [-0.1, -0.05) is 6.92 Å². The highest BCUT2D eigenvalue weighted by Crippen LogP contribution is 2.20. The number of hydrogen-bond acceptors (Lipinski definition) is 6. The van der Waals surface area contributed by atoms with Gasteiger partial charge < -0.3 is 10.1 Å². The summed E-state index contributed by atoms with van der Waals surface area (Å²) in [5, 5.41) is 7.28. The molecule has 1 aliphatic heterocycles. The Balaban J connectivity index is 1.72. The highest BCUT2D eigenvalue weighted by Gasteiger charge is 2.32. The molecule has 1 amide bonds. The van der Waals surface area contributed by atoms with Crippen molar-refractivity contribution in [2.75, 3.05) is 32.8 Å². The highest BCUT2D eigenvalue weighted by atomic mass is 16.5. The van der Waals surface area contributed by atoms with E-state index in [4.69, 9.17) is 4.74 Å². The summed E-state index contributed by atoms with van der Waals surface area (Å²) in [7, 11) is 0. The first-order valence-corrected chi connectivity index (χ1v) is 8.75. The number of aromatic nitrogens is 4. The van der Waals surface area contributed by atoms with E-state index in [0.717, 1.165) is 44.1 Å². The molecule has 1 atom stereocenters. The molecule has 1 fully saturated rings. The molecule has 0 bridgehead atoms. The summed E-state index contributed by atoms with van der Waals surface area (Å²) in [5.41, 5.74) is 1.65. The maximum atomic E-state index is 12.5. The van der Waals surface area contributed by atoms with Gasteiger partial charge in [0.25, 0.3) is 11.7 Å². The first kappa shape index (κ1) is 17.8. The van der Waals surface area contributed by atoms with Crippen molar-refractivity contribution in [3.63, 3.8) is 0 Å². The van der Waals surface area contributed by atoms with Crippen LogP contribution in [0, 0.1) is 13.8 Å². The quantitative estimate of drug-likeness (QED) is 0.868. The van der Waals surface area contributed by atoms with Gasteiger partial charge in [0.2, 0.25) is 5.82 Å². The number of nitrogens with one attached hydrogen (secondary N) is 1. The number of carbonyl (C=O) groups excluding carboxylic acids is 1. The van der Waals surface area contributed by atoms with Crippen molar-refractivity contribution in [2.24, 2.45) is 0 Å². The molecule has 25 heavy (non-hydrogen) atoms. The number of amides is 1. The summed E-state index contributed by atoms with van der Waals surface area (Å²) >= 11 is 0. The van der Waals surface area contributed by atoms with Crippen molar-refractivity contribution in [1.82, 2.24) is 29.8 Å². The second-order valence-corrected chi connectivity index (χ2v) is 6.82. The fraction of sp³-hybridized carbons (Fsp3) is 0.647. The maximum absolute atomic E-state index is 12.5. The number of carbonyl (C=O) groups is 1. The SMILES string of the molecule is CC[C@](C)(CNC(=O)c1nc2nc(C)cc(C)n2n1)N1CCOCC1. The number of hydrogen-bond donors (Lipinski definition) is 1. The van der Waals surface area contributed by atoms with Crippen LogP contribution in [-0.2, 0) is 4.74 Å². The summed E-state index contributed by atoms with van der Waals surface area (Å²) in [4.78, 5) is 23.5. The number of aryl methyl sites for hydroxylation is 2. The standard InChI is InChI=1S/C17H26N6O2/c1-5-17(4,22-6-8-25-9-7-22)11-18-15(24)14-20-16-19-12(2)10-13(3)23(16)21-14/h10H,5-9,11H2,1-4H3,(H,18,24)/t17-/m1/s1. The summed E-state index contributed by atoms with van der Waals surface area (Å²) < 4.78 is 7.03. The Kier molecular flexibility index (Phi) is 5.01. The Labute approximate surface area is 147 Å². The van der Waals surface area contributed by atoms with E-state index in [1.54, 1.807) is 4.52 Å². The van der Waals surface area contributed by atoms with Gasteiger partial charge in [-0.25, -0.2) is 9.50 Å². The molecule has 0 unspecified atom stereocenters. The van der Waals surface area contributed by atoms with Crippen LogP contribution in [-0.4, -0.2) is 68.8 Å². The predicted molar refractivity (Wildman–Crippen MR) is 93.7 cm³/mol. The maximum Gasteiger partial charge on any atom is 0.291 e. The Morgan fingerprint density at radius 1 is 1.32 bits per heavy atom. The van der Waals surface area contributed by atoms with Crippen LogP contribution in [0.3, 0.4) is 0 Å². The zero-order valence-corrected chi connectivity index (χ0v) is 15.4. The van der Waals surface area contributed by atoms with Crippen LogP contribution < -0.4 is 5.32 Å². The normalized spacial score (nSPS) is 18.2. The van der Waals surface area contributed by atoms with E-state index in [-0.39, 0.29) is 17.3 Å². The Morgan fingerprint density at radius 2 is 2.04 bits per heavy atom. The van der Waals surface area contributed by atoms with Gasteiger partial charge in [-0.2, -0.15) is 4.98 Å². The monoisotopic (exact) mass is 346 g/mol. The fourth-order valence-corrected chi connectivity index (χ4v) is 3.18. The molecular weight excluding hydrogens is 320 g/mol. The summed E-state index contributed by atoms with van der Waals surface area (Å²) in [6.07, 6.45) is 0.936. The molecule has 2 aromatic rings. The van der Waals surface area contributed by atoms with Gasteiger partial charge in [0.15, 0.2) is 0 Å². The van der Waals surface area contributed by atoms with Gasteiger partial charge in [-0.05, 0) is 33.3 Å². The number of nitrogens with zero attached hydrogens (tertiary/aromatic N) is 5. The molecule has 3 rings (SSSR count). The van der Waals surface area contributed by atoms with Crippen LogP contribution in [0.2, 0.25) is 0 Å². The molecule has 0 saturated carbocycles. The van der Waals surface area contributed by atoms with Gasteiger partial charge in [0.1, 0.15) is 0 Å². The number of morpholine rings is 1. The zero-order valence-electron chi connectivity index (χ0n) is 15.4. The van der Waals surface area contributed by atoms with Crippen LogP contribution in [0.1, 0.15) is 42.3 Å². The average molecular weight is 346 g/mol. The van der Waals surface area contributed by atoms with E-state index in [1.807, 2.05) is 19.9 Å². The molecule has 8 nitrogen and oxygen atoms in total. The van der Waals surface area contributed by atoms with Crippen molar-refractivity contribution in [3.8, 4) is 0 Å². The van der Waals surface area contributed by atoms with E-state index in [9.17, 15) is 4.79 Å². The first-order valence-electron chi connectivity index (χ1n) is 8.75. The van der Waals surface area contributed by atoms with E-state index in [2.05, 4.69) is 39.1 Å². The lowest BCUT2D eigenvalue weighted by Gasteiger charge is -2.42. The third-order valence-electron chi connectivity index (χ3n) is 4.99. The molecule has 0 spiro atoms. The van der Waals surface area contributed by atoms with Gasteiger partial charge in [0, 0.05) is 36.6 Å². The first-order chi connectivity index (χ1) is 11.9. The molecule has 0 radical (unpaired) electrons. The third-order valence-corrected chi connectivity index (χ3v) is 4.99. The average Bonchev–Trinajstić information content (AvgIpc) is 3.04. The Bertz CT molecular complexity index is 768. The van der Waals surface area contributed by atoms with Gasteiger partial charge in [-0.3, -0.25) is 9.69 Å². The van der Waals surface area contributed by atoms with Gasteiger partial charge >= 0.3 is 0 Å². The zero-order chi connectivity index (χ0) is 18.0. The van der Waals surface area contributed by atoms with E-state index in [1.165, 1.54) is 0 Å². The summed E-state index contributed by atoms with van der Waals surface area (Å²) in [6.45, 7) is 11.9. The summed E-state index contributed by atoms with van der Waals surface area (Å²) in [5.74, 6) is 0.339. The van der Waals surface area contributed by atoms with Gasteiger partial charge in [-0.15, -0.1) is 5.10 Å². The van der Waals surface area contributed by atoms with Crippen molar-refractivity contribution in [2.45, 2.75) is 39.7 Å². The van der Waals surface area contributed by atoms with Crippen molar-refractivity contribution in [3.05, 3.63) is 23.3 Å². The number of rotatable bonds is 5. The molecule has 1 saturated heterocycles. The molecule has 0 aromatic carbocycles. The molecule has 2 aromatic heterocycles. The lowest BCUT2D eigenvalue weighted by atomic mass is 9.95. The highest BCUT2D eigenvalue weighted by molar-refractivity contribution is 5.90. The lowest BCUT2D eigenvalue weighted by molar-refractivity contribution is -0.0169. The van der Waals surface area contributed by atoms with Crippen molar-refractivity contribution in [1.29, 1.82) is 0 Å². The van der Waals surface area contributed by atoms with E-state index in [0.29, 0.717) is 12.3 Å². The Hall–Kier alpha value is -2.06. The molecule has 1 aliphatic rings. The minimum atomic E-state index is -0.268. The van der Waals surface area contributed by atoms with Crippen molar-refractivity contribution < 1.29 is 9.53 Å². The van der Waals surface area contributed by atoms with E-state index >= 15 is 0 Å². The largest absolute Gasteiger partial charge is 0.379 e. The fourth-order valence-electron chi connectivity index (χ4n) is 3.18. The smallest absolute Gasteiger partial charge is 0.291 e. The molecule has 136 valence electrons. The Morgan fingerprint density at radius 3 is 2.72 bits per heavy atom. The molecule has 8 heteroatoms. The lowest BCUT2D eigenvalue weighted by Crippen LogP contribution is -2.56. The minimum absolute atomic E-state index is 0.108. The summed E-state index contributed by atoms with van der Waals surface area (Å²) in [6, 6.07) is 1.91. The van der Waals surface area contributed by atoms with E-state index < -0.39 is 0 Å². The van der Waals surface area contributed by atoms with Crippen LogP contribution in [0.15, 0.2) is 6.07 Å². The topological polar surface area (TPSA) is 84.7 Å². The molecule has 1 N–H and O–H groups in total. The van der Waals surface area contributed by atoms with Crippen LogP contribution in [0.25, 0.3) is 5.78 Å². The number of fused-ring (bicyclic) bond motifs is 1. The predicted octanol–water partition coefficient (Wildman–Crippen LogP) is 0.972. The minimum Gasteiger partial charge on any atom is -0.379 e.